The molecule has 2 aliphatic heterocycles. The maximum absolute atomic E-state index is 12.1. The van der Waals surface area contributed by atoms with E-state index in [4.69, 9.17) is 4.74 Å². The standard InChI is InChI=1S/C11H20N2O2/c1-9-4-2-3-6-13(9)11(14)10-8-15-7-5-12-10/h9-10,12H,2-8H2,1H3/t9-,10-/m0/s1. The Balaban J connectivity index is 1.92. The van der Waals surface area contributed by atoms with Crippen LogP contribution in [0.4, 0.5) is 0 Å². The fourth-order valence-electron chi connectivity index (χ4n) is 2.35. The van der Waals surface area contributed by atoms with E-state index < -0.39 is 0 Å². The van der Waals surface area contributed by atoms with Crippen molar-refractivity contribution in [1.29, 1.82) is 0 Å². The number of morpholine rings is 1. The van der Waals surface area contributed by atoms with Crippen molar-refractivity contribution in [1.82, 2.24) is 10.2 Å². The second-order valence-corrected chi connectivity index (χ2v) is 4.46. The van der Waals surface area contributed by atoms with Crippen molar-refractivity contribution in [3.05, 3.63) is 0 Å². The summed E-state index contributed by atoms with van der Waals surface area (Å²) in [5.41, 5.74) is 0. The predicted octanol–water partition coefficient (Wildman–Crippen LogP) is 0.376. The minimum Gasteiger partial charge on any atom is -0.378 e. The minimum atomic E-state index is -0.112. The number of ether oxygens (including phenoxy) is 1. The lowest BCUT2D eigenvalue weighted by Gasteiger charge is -2.37. The zero-order chi connectivity index (χ0) is 10.7. The third kappa shape index (κ3) is 2.49. The lowest BCUT2D eigenvalue weighted by atomic mass is 10.0. The second-order valence-electron chi connectivity index (χ2n) is 4.46. The molecule has 0 aromatic heterocycles. The molecule has 2 heterocycles. The molecule has 0 aromatic rings. The summed E-state index contributed by atoms with van der Waals surface area (Å²) in [4.78, 5) is 14.2. The van der Waals surface area contributed by atoms with E-state index in [-0.39, 0.29) is 11.9 Å². The molecule has 1 N–H and O–H groups in total. The van der Waals surface area contributed by atoms with Gasteiger partial charge in [-0.2, -0.15) is 0 Å². The van der Waals surface area contributed by atoms with E-state index in [1.165, 1.54) is 6.42 Å². The highest BCUT2D eigenvalue weighted by Gasteiger charge is 2.30. The molecule has 4 heteroatoms. The Morgan fingerprint density at radius 1 is 1.47 bits per heavy atom. The zero-order valence-electron chi connectivity index (χ0n) is 9.37. The molecular weight excluding hydrogens is 192 g/mol. The zero-order valence-corrected chi connectivity index (χ0v) is 9.37. The molecule has 0 spiro atoms. The number of piperidine rings is 1. The fourth-order valence-corrected chi connectivity index (χ4v) is 2.35. The monoisotopic (exact) mass is 212 g/mol. The van der Waals surface area contributed by atoms with E-state index >= 15 is 0 Å². The van der Waals surface area contributed by atoms with E-state index in [2.05, 4.69) is 12.2 Å². The summed E-state index contributed by atoms with van der Waals surface area (Å²) in [6, 6.07) is 0.286. The Kier molecular flexibility index (Phi) is 3.59. The van der Waals surface area contributed by atoms with Gasteiger partial charge >= 0.3 is 0 Å². The van der Waals surface area contributed by atoms with Gasteiger partial charge in [0.05, 0.1) is 13.2 Å². The molecular formula is C11H20N2O2. The number of carbonyl (C=O) groups is 1. The first-order chi connectivity index (χ1) is 7.29. The van der Waals surface area contributed by atoms with Gasteiger partial charge in [-0.05, 0) is 26.2 Å². The van der Waals surface area contributed by atoms with Gasteiger partial charge in [0.1, 0.15) is 6.04 Å². The third-order valence-electron chi connectivity index (χ3n) is 3.31. The van der Waals surface area contributed by atoms with Crippen molar-refractivity contribution in [2.45, 2.75) is 38.3 Å². The molecule has 1 amide bonds. The predicted molar refractivity (Wildman–Crippen MR) is 57.6 cm³/mol. The molecule has 0 bridgehead atoms. The number of rotatable bonds is 1. The average Bonchev–Trinajstić information content (AvgIpc) is 2.30. The van der Waals surface area contributed by atoms with Crippen molar-refractivity contribution in [3.8, 4) is 0 Å². The summed E-state index contributed by atoms with van der Waals surface area (Å²) in [7, 11) is 0. The van der Waals surface area contributed by atoms with Crippen LogP contribution in [0.1, 0.15) is 26.2 Å². The Morgan fingerprint density at radius 3 is 3.00 bits per heavy atom. The molecule has 15 heavy (non-hydrogen) atoms. The number of amides is 1. The summed E-state index contributed by atoms with van der Waals surface area (Å²) >= 11 is 0. The van der Waals surface area contributed by atoms with Crippen molar-refractivity contribution < 1.29 is 9.53 Å². The maximum Gasteiger partial charge on any atom is 0.242 e. The van der Waals surface area contributed by atoms with Crippen LogP contribution in [-0.2, 0) is 9.53 Å². The smallest absolute Gasteiger partial charge is 0.242 e. The van der Waals surface area contributed by atoms with E-state index in [9.17, 15) is 4.79 Å². The van der Waals surface area contributed by atoms with Crippen LogP contribution in [0, 0.1) is 0 Å². The molecule has 0 radical (unpaired) electrons. The quantitative estimate of drug-likeness (QED) is 0.683. The van der Waals surface area contributed by atoms with Gasteiger partial charge in [0.2, 0.25) is 5.91 Å². The third-order valence-corrected chi connectivity index (χ3v) is 3.31. The van der Waals surface area contributed by atoms with Crippen molar-refractivity contribution >= 4 is 5.91 Å². The van der Waals surface area contributed by atoms with Crippen molar-refractivity contribution in [3.63, 3.8) is 0 Å². The van der Waals surface area contributed by atoms with Crippen LogP contribution < -0.4 is 5.32 Å². The van der Waals surface area contributed by atoms with Gasteiger partial charge in [-0.25, -0.2) is 0 Å². The number of hydrogen-bond acceptors (Lipinski definition) is 3. The normalized spacial score (nSPS) is 32.7. The highest BCUT2D eigenvalue weighted by Crippen LogP contribution is 2.17. The van der Waals surface area contributed by atoms with Crippen LogP contribution in [0.2, 0.25) is 0 Å². The van der Waals surface area contributed by atoms with E-state index in [0.717, 1.165) is 32.5 Å². The van der Waals surface area contributed by atoms with Crippen LogP contribution >= 0.6 is 0 Å². The number of nitrogens with zero attached hydrogens (tertiary/aromatic N) is 1. The first kappa shape index (κ1) is 10.9. The molecule has 2 fully saturated rings. The van der Waals surface area contributed by atoms with E-state index in [1.54, 1.807) is 0 Å². The van der Waals surface area contributed by atoms with E-state index in [1.807, 2.05) is 4.90 Å². The second kappa shape index (κ2) is 4.94. The van der Waals surface area contributed by atoms with Gasteiger partial charge in [-0.3, -0.25) is 4.79 Å². The Bertz CT molecular complexity index is 227. The molecule has 0 aliphatic carbocycles. The van der Waals surface area contributed by atoms with Gasteiger partial charge in [0.15, 0.2) is 0 Å². The molecule has 0 aromatic carbocycles. The summed E-state index contributed by atoms with van der Waals surface area (Å²) in [6.07, 6.45) is 3.53. The van der Waals surface area contributed by atoms with Gasteiger partial charge in [0.25, 0.3) is 0 Å². The Hall–Kier alpha value is -0.610. The molecule has 2 atom stereocenters. The van der Waals surface area contributed by atoms with Crippen LogP contribution in [0.5, 0.6) is 0 Å². The fraction of sp³-hybridized carbons (Fsp3) is 0.909. The minimum absolute atomic E-state index is 0.112. The highest BCUT2D eigenvalue weighted by molar-refractivity contribution is 5.82. The molecule has 0 unspecified atom stereocenters. The number of hydrogen-bond donors (Lipinski definition) is 1. The van der Waals surface area contributed by atoms with Crippen LogP contribution in [0.15, 0.2) is 0 Å². The highest BCUT2D eigenvalue weighted by atomic mass is 16.5. The van der Waals surface area contributed by atoms with Crippen LogP contribution in [-0.4, -0.2) is 49.2 Å². The van der Waals surface area contributed by atoms with E-state index in [0.29, 0.717) is 12.6 Å². The number of nitrogens with one attached hydrogen (secondary N) is 1. The molecule has 2 rings (SSSR count). The topological polar surface area (TPSA) is 41.6 Å². The lowest BCUT2D eigenvalue weighted by Crippen LogP contribution is -2.55. The van der Waals surface area contributed by atoms with Gasteiger partial charge in [-0.15, -0.1) is 0 Å². The van der Waals surface area contributed by atoms with Gasteiger partial charge < -0.3 is 15.0 Å². The number of likely N-dealkylation sites (tertiary alicyclic amines) is 1. The number of carbonyl (C=O) groups excluding carboxylic acids is 1. The summed E-state index contributed by atoms with van der Waals surface area (Å²) < 4.78 is 5.32. The Labute approximate surface area is 91.0 Å². The lowest BCUT2D eigenvalue weighted by molar-refractivity contribution is -0.139. The molecule has 2 saturated heterocycles. The molecule has 4 nitrogen and oxygen atoms in total. The van der Waals surface area contributed by atoms with Crippen LogP contribution in [0.3, 0.4) is 0 Å². The van der Waals surface area contributed by atoms with Crippen LogP contribution in [0.25, 0.3) is 0 Å². The summed E-state index contributed by atoms with van der Waals surface area (Å²) in [5.74, 6) is 0.224. The first-order valence-electron chi connectivity index (χ1n) is 5.90. The van der Waals surface area contributed by atoms with Gasteiger partial charge in [-0.1, -0.05) is 0 Å². The average molecular weight is 212 g/mol. The first-order valence-corrected chi connectivity index (χ1v) is 5.90. The molecule has 2 aliphatic rings. The summed E-state index contributed by atoms with van der Waals surface area (Å²) in [6.45, 7) is 5.10. The van der Waals surface area contributed by atoms with Crippen molar-refractivity contribution in [2.24, 2.45) is 0 Å². The largest absolute Gasteiger partial charge is 0.378 e. The Morgan fingerprint density at radius 2 is 2.33 bits per heavy atom. The summed E-state index contributed by atoms with van der Waals surface area (Å²) in [5, 5.41) is 3.22. The molecule has 0 saturated carbocycles. The SMILES string of the molecule is C[C@H]1CCCCN1C(=O)[C@@H]1COCCN1. The van der Waals surface area contributed by atoms with Gasteiger partial charge in [0, 0.05) is 19.1 Å². The molecule has 86 valence electrons. The van der Waals surface area contributed by atoms with Crippen molar-refractivity contribution in [2.75, 3.05) is 26.3 Å². The maximum atomic E-state index is 12.1.